The molecule has 4 aromatic rings. The molecule has 0 saturated heterocycles. The van der Waals surface area contributed by atoms with E-state index in [1.165, 1.54) is 25.6 Å². The first-order chi connectivity index (χ1) is 15.1. The number of nitrogens with zero attached hydrogens (tertiary/aromatic N) is 1. The van der Waals surface area contributed by atoms with E-state index in [1.54, 1.807) is 0 Å². The van der Waals surface area contributed by atoms with Gasteiger partial charge < -0.3 is 9.30 Å². The number of halogens is 1. The molecular formula is C27H28INO2. The van der Waals surface area contributed by atoms with E-state index in [1.807, 2.05) is 13.0 Å². The van der Waals surface area contributed by atoms with Crippen molar-refractivity contribution in [2.75, 3.05) is 6.61 Å². The SMILES string of the molecule is CCCCc1c(I)c2ccccc2c2c(C(=O)OCC)c(C)n(Cc3ccccc3)c12. The number of carbonyl (C=O) groups excluding carboxylic acids is 1. The Morgan fingerprint density at radius 3 is 2.35 bits per heavy atom. The highest BCUT2D eigenvalue weighted by Gasteiger charge is 2.26. The van der Waals surface area contributed by atoms with Gasteiger partial charge in [0.1, 0.15) is 0 Å². The van der Waals surface area contributed by atoms with Crippen molar-refractivity contribution in [1.82, 2.24) is 4.57 Å². The molecule has 160 valence electrons. The van der Waals surface area contributed by atoms with Crippen LogP contribution in [0.3, 0.4) is 0 Å². The molecule has 0 aliphatic carbocycles. The number of unbranched alkanes of at least 4 members (excludes halogenated alkanes) is 1. The molecule has 0 N–H and O–H groups in total. The Morgan fingerprint density at radius 1 is 1.00 bits per heavy atom. The van der Waals surface area contributed by atoms with Gasteiger partial charge in [-0.05, 0) is 71.2 Å². The fourth-order valence-electron chi connectivity index (χ4n) is 4.47. The zero-order valence-electron chi connectivity index (χ0n) is 18.4. The molecule has 1 aromatic heterocycles. The lowest BCUT2D eigenvalue weighted by Crippen LogP contribution is -2.08. The van der Waals surface area contributed by atoms with Crippen LogP contribution >= 0.6 is 22.6 Å². The van der Waals surface area contributed by atoms with Crippen molar-refractivity contribution in [2.45, 2.75) is 46.6 Å². The number of aryl methyl sites for hydroxylation is 1. The van der Waals surface area contributed by atoms with Gasteiger partial charge in [0.2, 0.25) is 0 Å². The van der Waals surface area contributed by atoms with E-state index in [9.17, 15) is 4.79 Å². The van der Waals surface area contributed by atoms with Crippen LogP contribution < -0.4 is 0 Å². The summed E-state index contributed by atoms with van der Waals surface area (Å²) >= 11 is 2.50. The van der Waals surface area contributed by atoms with Crippen molar-refractivity contribution in [2.24, 2.45) is 0 Å². The third-order valence-electron chi connectivity index (χ3n) is 5.95. The fraction of sp³-hybridized carbons (Fsp3) is 0.296. The van der Waals surface area contributed by atoms with E-state index >= 15 is 0 Å². The first-order valence-electron chi connectivity index (χ1n) is 11.0. The lowest BCUT2D eigenvalue weighted by molar-refractivity contribution is 0.0527. The number of fused-ring (bicyclic) bond motifs is 3. The van der Waals surface area contributed by atoms with E-state index in [0.29, 0.717) is 12.2 Å². The van der Waals surface area contributed by atoms with Crippen molar-refractivity contribution in [3.05, 3.63) is 80.6 Å². The van der Waals surface area contributed by atoms with Crippen LogP contribution in [0.1, 0.15) is 53.9 Å². The Morgan fingerprint density at radius 2 is 1.68 bits per heavy atom. The van der Waals surface area contributed by atoms with Crippen LogP contribution in [-0.2, 0) is 17.7 Å². The molecule has 3 aromatic carbocycles. The number of hydrogen-bond acceptors (Lipinski definition) is 2. The number of carbonyl (C=O) groups is 1. The van der Waals surface area contributed by atoms with Gasteiger partial charge in [0.15, 0.2) is 0 Å². The first kappa shape index (κ1) is 21.9. The van der Waals surface area contributed by atoms with E-state index < -0.39 is 0 Å². The topological polar surface area (TPSA) is 31.2 Å². The zero-order valence-corrected chi connectivity index (χ0v) is 20.5. The highest BCUT2D eigenvalue weighted by atomic mass is 127. The second-order valence-electron chi connectivity index (χ2n) is 7.92. The average Bonchev–Trinajstić information content (AvgIpc) is 3.07. The van der Waals surface area contributed by atoms with Gasteiger partial charge in [0, 0.05) is 21.2 Å². The van der Waals surface area contributed by atoms with Gasteiger partial charge in [-0.2, -0.15) is 0 Å². The monoisotopic (exact) mass is 525 g/mol. The molecule has 0 aliphatic heterocycles. The Hall–Kier alpha value is -2.34. The predicted molar refractivity (Wildman–Crippen MR) is 137 cm³/mol. The summed E-state index contributed by atoms with van der Waals surface area (Å²) in [6, 6.07) is 18.9. The summed E-state index contributed by atoms with van der Waals surface area (Å²) in [6.07, 6.45) is 3.25. The molecule has 31 heavy (non-hydrogen) atoms. The lowest BCUT2D eigenvalue weighted by atomic mass is 9.96. The fourth-order valence-corrected chi connectivity index (χ4v) is 5.47. The first-order valence-corrected chi connectivity index (χ1v) is 12.1. The molecule has 0 saturated carbocycles. The minimum atomic E-state index is -0.232. The maximum absolute atomic E-state index is 13.2. The number of rotatable bonds is 7. The molecule has 0 amide bonds. The van der Waals surface area contributed by atoms with E-state index in [2.05, 4.69) is 89.5 Å². The molecule has 3 nitrogen and oxygen atoms in total. The number of esters is 1. The van der Waals surface area contributed by atoms with E-state index in [4.69, 9.17) is 4.74 Å². The van der Waals surface area contributed by atoms with Gasteiger partial charge in [0.05, 0.1) is 17.7 Å². The highest BCUT2D eigenvalue weighted by molar-refractivity contribution is 14.1. The molecule has 4 rings (SSSR count). The van der Waals surface area contributed by atoms with Crippen LogP contribution in [0.15, 0.2) is 54.6 Å². The molecular weight excluding hydrogens is 497 g/mol. The molecule has 0 aliphatic rings. The van der Waals surface area contributed by atoms with Crippen LogP contribution in [0, 0.1) is 10.5 Å². The Bertz CT molecular complexity index is 1240. The summed E-state index contributed by atoms with van der Waals surface area (Å²) in [5.41, 5.74) is 5.43. The van der Waals surface area contributed by atoms with Crippen LogP contribution in [0.25, 0.3) is 21.7 Å². The molecule has 4 heteroatoms. The second-order valence-corrected chi connectivity index (χ2v) is 9.00. The van der Waals surface area contributed by atoms with Gasteiger partial charge in [-0.1, -0.05) is 67.9 Å². The molecule has 0 unspecified atom stereocenters. The van der Waals surface area contributed by atoms with E-state index in [0.717, 1.165) is 42.3 Å². The molecule has 0 bridgehead atoms. The van der Waals surface area contributed by atoms with Crippen molar-refractivity contribution >= 4 is 50.2 Å². The number of hydrogen-bond donors (Lipinski definition) is 0. The van der Waals surface area contributed by atoms with Crippen molar-refractivity contribution < 1.29 is 9.53 Å². The molecule has 1 heterocycles. The summed E-state index contributed by atoms with van der Waals surface area (Å²) in [7, 11) is 0. The maximum atomic E-state index is 13.2. The minimum absolute atomic E-state index is 0.232. The smallest absolute Gasteiger partial charge is 0.340 e. The maximum Gasteiger partial charge on any atom is 0.340 e. The zero-order chi connectivity index (χ0) is 22.0. The second kappa shape index (κ2) is 9.43. The van der Waals surface area contributed by atoms with Gasteiger partial charge >= 0.3 is 5.97 Å². The van der Waals surface area contributed by atoms with Crippen molar-refractivity contribution in [3.8, 4) is 0 Å². The standard InChI is InChI=1S/C27H28INO2/c1-4-6-14-22-25(28)21-16-11-10-15-20(21)24-23(27(30)31-5-2)18(3)29(26(22)24)17-19-12-8-7-9-13-19/h7-13,15-16H,4-6,14,17H2,1-3H3. The van der Waals surface area contributed by atoms with Gasteiger partial charge in [-0.3, -0.25) is 0 Å². The summed E-state index contributed by atoms with van der Waals surface area (Å²) in [6.45, 7) is 7.25. The van der Waals surface area contributed by atoms with Crippen molar-refractivity contribution in [3.63, 3.8) is 0 Å². The Kier molecular flexibility index (Phi) is 6.65. The summed E-state index contributed by atoms with van der Waals surface area (Å²) in [5.74, 6) is -0.232. The third kappa shape index (κ3) is 3.98. The lowest BCUT2D eigenvalue weighted by Gasteiger charge is -2.15. The Labute approximate surface area is 197 Å². The van der Waals surface area contributed by atoms with Gasteiger partial charge in [-0.15, -0.1) is 0 Å². The largest absolute Gasteiger partial charge is 0.462 e. The highest BCUT2D eigenvalue weighted by Crippen LogP contribution is 2.40. The predicted octanol–water partition coefficient (Wildman–Crippen LogP) is 7.28. The van der Waals surface area contributed by atoms with Gasteiger partial charge in [0.25, 0.3) is 0 Å². The molecule has 0 radical (unpaired) electrons. The molecule has 0 atom stereocenters. The third-order valence-corrected chi connectivity index (χ3v) is 7.18. The van der Waals surface area contributed by atoms with Gasteiger partial charge in [-0.25, -0.2) is 4.79 Å². The summed E-state index contributed by atoms with van der Waals surface area (Å²) in [4.78, 5) is 13.2. The normalized spacial score (nSPS) is 11.4. The average molecular weight is 525 g/mol. The minimum Gasteiger partial charge on any atom is -0.462 e. The summed E-state index contributed by atoms with van der Waals surface area (Å²) in [5, 5.41) is 3.37. The van der Waals surface area contributed by atoms with Crippen LogP contribution in [0.4, 0.5) is 0 Å². The van der Waals surface area contributed by atoms with Crippen LogP contribution in [0.5, 0.6) is 0 Å². The van der Waals surface area contributed by atoms with E-state index in [-0.39, 0.29) is 5.97 Å². The number of aromatic nitrogens is 1. The van der Waals surface area contributed by atoms with Crippen molar-refractivity contribution in [1.29, 1.82) is 0 Å². The number of benzene rings is 3. The quantitative estimate of drug-likeness (QED) is 0.188. The van der Waals surface area contributed by atoms with Crippen LogP contribution in [0.2, 0.25) is 0 Å². The number of ether oxygens (including phenoxy) is 1. The summed E-state index contributed by atoms with van der Waals surface area (Å²) < 4.78 is 9.14. The Balaban J connectivity index is 2.12. The van der Waals surface area contributed by atoms with Crippen LogP contribution in [-0.4, -0.2) is 17.1 Å². The molecule has 0 spiro atoms. The molecule has 0 fully saturated rings.